The van der Waals surface area contributed by atoms with Crippen molar-refractivity contribution >= 4 is 27.4 Å². The van der Waals surface area contributed by atoms with E-state index in [-0.39, 0.29) is 5.91 Å². The van der Waals surface area contributed by atoms with Gasteiger partial charge in [0.15, 0.2) is 0 Å². The maximum Gasteiger partial charge on any atom is 0.244 e. The molecule has 0 aromatic heterocycles. The lowest BCUT2D eigenvalue weighted by molar-refractivity contribution is -0.115. The molecular weight excluding hydrogens is 230 g/mol. The number of halogens is 1. The highest BCUT2D eigenvalue weighted by Gasteiger charge is 2.11. The number of hydrogen-bond donors (Lipinski definition) is 1. The fraction of sp³-hybridized carbons (Fsp3) is 0.100. The molecule has 2 rings (SSSR count). The number of carbonyl (C=O) groups excluding carboxylic acids is 1. The van der Waals surface area contributed by atoms with Gasteiger partial charge in [-0.15, -0.1) is 0 Å². The molecule has 0 fully saturated rings. The van der Waals surface area contributed by atoms with Gasteiger partial charge in [-0.1, -0.05) is 28.1 Å². The topological polar surface area (TPSA) is 29.1 Å². The van der Waals surface area contributed by atoms with Crippen LogP contribution in [0, 0.1) is 0 Å². The first-order chi connectivity index (χ1) is 6.25. The normalized spacial score (nSPS) is 15.5. The summed E-state index contributed by atoms with van der Waals surface area (Å²) in [6.07, 6.45) is 1.64. The average molecular weight is 238 g/mol. The van der Waals surface area contributed by atoms with Crippen molar-refractivity contribution in [2.24, 2.45) is 0 Å². The van der Waals surface area contributed by atoms with Gasteiger partial charge in [-0.25, -0.2) is 0 Å². The van der Waals surface area contributed by atoms with Crippen molar-refractivity contribution in [3.63, 3.8) is 0 Å². The van der Waals surface area contributed by atoms with Gasteiger partial charge in [0.2, 0.25) is 5.91 Å². The van der Waals surface area contributed by atoms with Crippen LogP contribution in [0.2, 0.25) is 0 Å². The van der Waals surface area contributed by atoms with E-state index >= 15 is 0 Å². The smallest absolute Gasteiger partial charge is 0.244 e. The van der Waals surface area contributed by atoms with Gasteiger partial charge in [-0.3, -0.25) is 4.79 Å². The monoisotopic (exact) mass is 237 g/mol. The van der Waals surface area contributed by atoms with Crippen LogP contribution in [0.4, 0.5) is 0 Å². The van der Waals surface area contributed by atoms with E-state index in [9.17, 15) is 4.79 Å². The average Bonchev–Trinajstić information content (AvgIpc) is 2.53. The SMILES string of the molecule is O=C1C=C(c2ccc(Br)cc2)CN1. The Hall–Kier alpha value is -1.09. The van der Waals surface area contributed by atoms with Crippen molar-refractivity contribution in [2.75, 3.05) is 6.54 Å². The van der Waals surface area contributed by atoms with Crippen LogP contribution in [0.5, 0.6) is 0 Å². The largest absolute Gasteiger partial charge is 0.348 e. The Labute approximate surface area is 84.8 Å². The number of carbonyl (C=O) groups is 1. The minimum absolute atomic E-state index is 0.00193. The summed E-state index contributed by atoms with van der Waals surface area (Å²) in [6, 6.07) is 7.93. The summed E-state index contributed by atoms with van der Waals surface area (Å²) in [5.41, 5.74) is 2.15. The summed E-state index contributed by atoms with van der Waals surface area (Å²) in [6.45, 7) is 0.639. The van der Waals surface area contributed by atoms with Crippen LogP contribution in [0.3, 0.4) is 0 Å². The molecule has 0 saturated carbocycles. The number of benzene rings is 1. The number of nitrogens with one attached hydrogen (secondary N) is 1. The van der Waals surface area contributed by atoms with Gasteiger partial charge in [0.1, 0.15) is 0 Å². The Morgan fingerprint density at radius 1 is 1.23 bits per heavy atom. The molecule has 0 bridgehead atoms. The van der Waals surface area contributed by atoms with Crippen LogP contribution in [-0.2, 0) is 4.79 Å². The second kappa shape index (κ2) is 3.34. The van der Waals surface area contributed by atoms with Crippen LogP contribution in [0.1, 0.15) is 5.56 Å². The molecule has 1 aliphatic rings. The Morgan fingerprint density at radius 2 is 1.92 bits per heavy atom. The molecule has 3 heteroatoms. The van der Waals surface area contributed by atoms with Crippen LogP contribution >= 0.6 is 15.9 Å². The first-order valence-corrected chi connectivity index (χ1v) is 4.79. The molecule has 0 unspecified atom stereocenters. The number of hydrogen-bond acceptors (Lipinski definition) is 1. The molecule has 1 aliphatic heterocycles. The van der Waals surface area contributed by atoms with Gasteiger partial charge in [0.25, 0.3) is 0 Å². The lowest BCUT2D eigenvalue weighted by Crippen LogP contribution is -2.14. The third kappa shape index (κ3) is 1.80. The lowest BCUT2D eigenvalue weighted by atomic mass is 10.1. The molecule has 0 aliphatic carbocycles. The van der Waals surface area contributed by atoms with E-state index in [4.69, 9.17) is 0 Å². The summed E-state index contributed by atoms with van der Waals surface area (Å²) < 4.78 is 1.05. The van der Waals surface area contributed by atoms with Gasteiger partial charge in [-0.05, 0) is 23.3 Å². The third-order valence-electron chi connectivity index (χ3n) is 1.97. The van der Waals surface area contributed by atoms with E-state index in [1.807, 2.05) is 24.3 Å². The quantitative estimate of drug-likeness (QED) is 0.796. The van der Waals surface area contributed by atoms with Gasteiger partial charge in [0.05, 0.1) is 0 Å². The lowest BCUT2D eigenvalue weighted by Gasteiger charge is -2.00. The summed E-state index contributed by atoms with van der Waals surface area (Å²) in [4.78, 5) is 10.9. The van der Waals surface area contributed by atoms with Crippen LogP contribution in [0.15, 0.2) is 34.8 Å². The highest BCUT2D eigenvalue weighted by molar-refractivity contribution is 9.10. The predicted molar refractivity (Wildman–Crippen MR) is 55.1 cm³/mol. The zero-order valence-corrected chi connectivity index (χ0v) is 8.47. The van der Waals surface area contributed by atoms with Crippen molar-refractivity contribution in [3.05, 3.63) is 40.4 Å². The van der Waals surface area contributed by atoms with Gasteiger partial charge >= 0.3 is 0 Å². The molecule has 1 heterocycles. The van der Waals surface area contributed by atoms with Gasteiger partial charge < -0.3 is 5.32 Å². The Kier molecular flexibility index (Phi) is 2.19. The van der Waals surface area contributed by atoms with Crippen molar-refractivity contribution in [1.29, 1.82) is 0 Å². The molecular formula is C10H8BrNO. The van der Waals surface area contributed by atoms with Crippen molar-refractivity contribution < 1.29 is 4.79 Å². The second-order valence-corrected chi connectivity index (χ2v) is 3.81. The molecule has 13 heavy (non-hydrogen) atoms. The van der Waals surface area contributed by atoms with Crippen LogP contribution in [-0.4, -0.2) is 12.5 Å². The first-order valence-electron chi connectivity index (χ1n) is 4.00. The van der Waals surface area contributed by atoms with E-state index in [2.05, 4.69) is 21.2 Å². The van der Waals surface area contributed by atoms with E-state index in [1.165, 1.54) is 0 Å². The zero-order chi connectivity index (χ0) is 9.26. The molecule has 0 atom stereocenters. The number of amides is 1. The minimum Gasteiger partial charge on any atom is -0.348 e. The highest BCUT2D eigenvalue weighted by atomic mass is 79.9. The molecule has 66 valence electrons. The second-order valence-electron chi connectivity index (χ2n) is 2.89. The van der Waals surface area contributed by atoms with Crippen molar-refractivity contribution in [3.8, 4) is 0 Å². The molecule has 2 nitrogen and oxygen atoms in total. The van der Waals surface area contributed by atoms with Crippen LogP contribution < -0.4 is 5.32 Å². The fourth-order valence-electron chi connectivity index (χ4n) is 1.29. The maximum absolute atomic E-state index is 10.9. The summed E-state index contributed by atoms with van der Waals surface area (Å²) in [7, 11) is 0. The minimum atomic E-state index is -0.00193. The predicted octanol–water partition coefficient (Wildman–Crippen LogP) is 1.96. The molecule has 0 radical (unpaired) electrons. The van der Waals surface area contributed by atoms with Crippen LogP contribution in [0.25, 0.3) is 5.57 Å². The molecule has 1 aromatic rings. The molecule has 1 amide bonds. The highest BCUT2D eigenvalue weighted by Crippen LogP contribution is 2.19. The zero-order valence-electron chi connectivity index (χ0n) is 6.88. The molecule has 1 aromatic carbocycles. The summed E-state index contributed by atoms with van der Waals surface area (Å²) in [5.74, 6) is -0.00193. The first kappa shape index (κ1) is 8.51. The van der Waals surface area contributed by atoms with Gasteiger partial charge in [0, 0.05) is 17.1 Å². The Balaban J connectivity index is 2.31. The van der Waals surface area contributed by atoms with Gasteiger partial charge in [-0.2, -0.15) is 0 Å². The molecule has 0 saturated heterocycles. The van der Waals surface area contributed by atoms with Crippen molar-refractivity contribution in [1.82, 2.24) is 5.32 Å². The summed E-state index contributed by atoms with van der Waals surface area (Å²) >= 11 is 3.36. The maximum atomic E-state index is 10.9. The van der Waals surface area contributed by atoms with Crippen molar-refractivity contribution in [2.45, 2.75) is 0 Å². The third-order valence-corrected chi connectivity index (χ3v) is 2.50. The summed E-state index contributed by atoms with van der Waals surface area (Å²) in [5, 5.41) is 2.74. The standard InChI is InChI=1S/C10H8BrNO/c11-9-3-1-7(2-4-9)8-5-10(13)12-6-8/h1-5H,6H2,(H,12,13). The number of rotatable bonds is 1. The molecule has 0 spiro atoms. The van der Waals surface area contributed by atoms with E-state index in [0.717, 1.165) is 15.6 Å². The van der Waals surface area contributed by atoms with E-state index < -0.39 is 0 Å². The fourth-order valence-corrected chi connectivity index (χ4v) is 1.56. The van der Waals surface area contributed by atoms with E-state index in [1.54, 1.807) is 6.08 Å². The molecule has 1 N–H and O–H groups in total. The Bertz CT molecular complexity index is 367. The van der Waals surface area contributed by atoms with E-state index in [0.29, 0.717) is 6.54 Å². The Morgan fingerprint density at radius 3 is 2.46 bits per heavy atom.